The molecule has 112 valence electrons. The first-order valence-electron chi connectivity index (χ1n) is 6.68. The number of thiazole rings is 1. The van der Waals surface area contributed by atoms with E-state index < -0.39 is 0 Å². The molecule has 0 saturated heterocycles. The molecule has 6 heteroatoms. The van der Waals surface area contributed by atoms with E-state index in [9.17, 15) is 4.79 Å². The number of anilines is 1. The summed E-state index contributed by atoms with van der Waals surface area (Å²) in [5, 5.41) is 3.98. The summed E-state index contributed by atoms with van der Waals surface area (Å²) >= 11 is 5.51. The predicted molar refractivity (Wildman–Crippen MR) is 104 cm³/mol. The number of hydrogen-bond acceptors (Lipinski definition) is 4. The van der Waals surface area contributed by atoms with E-state index in [4.69, 9.17) is 0 Å². The zero-order valence-electron chi connectivity index (χ0n) is 11.6. The highest BCUT2D eigenvalue weighted by Crippen LogP contribution is 2.24. The number of aromatic nitrogens is 1. The molecule has 0 fully saturated rings. The number of carbonyl (C=O) groups is 1. The molecular weight excluding hydrogens is 427 g/mol. The summed E-state index contributed by atoms with van der Waals surface area (Å²) in [7, 11) is 0. The molecule has 3 nitrogen and oxygen atoms in total. The second-order valence-corrected chi connectivity index (χ2v) is 7.97. The molecule has 0 saturated carbocycles. The van der Waals surface area contributed by atoms with E-state index in [-0.39, 0.29) is 5.91 Å². The Morgan fingerprint density at radius 1 is 1.23 bits per heavy atom. The highest BCUT2D eigenvalue weighted by Gasteiger charge is 2.06. The van der Waals surface area contributed by atoms with Crippen molar-refractivity contribution in [3.8, 4) is 0 Å². The molecule has 0 aliphatic carbocycles. The third-order valence-corrected chi connectivity index (χ3v) is 5.74. The Morgan fingerprint density at radius 3 is 2.91 bits per heavy atom. The van der Waals surface area contributed by atoms with Gasteiger partial charge in [0.2, 0.25) is 5.91 Å². The molecule has 22 heavy (non-hydrogen) atoms. The van der Waals surface area contributed by atoms with E-state index in [1.807, 2.05) is 42.5 Å². The Kier molecular flexibility index (Phi) is 5.32. The van der Waals surface area contributed by atoms with Gasteiger partial charge in [-0.1, -0.05) is 18.2 Å². The maximum absolute atomic E-state index is 11.9. The number of nitrogens with zero attached hydrogens (tertiary/aromatic N) is 1. The first-order chi connectivity index (χ1) is 10.7. The van der Waals surface area contributed by atoms with Gasteiger partial charge in [-0.2, -0.15) is 0 Å². The third kappa shape index (κ3) is 4.21. The third-order valence-electron chi connectivity index (χ3n) is 2.91. The molecule has 0 atom stereocenters. The van der Waals surface area contributed by atoms with Gasteiger partial charge < -0.3 is 5.32 Å². The largest absolute Gasteiger partial charge is 0.325 e. The topological polar surface area (TPSA) is 42.0 Å². The molecule has 0 bridgehead atoms. The minimum Gasteiger partial charge on any atom is -0.325 e. The van der Waals surface area contributed by atoms with Gasteiger partial charge >= 0.3 is 0 Å². The summed E-state index contributed by atoms with van der Waals surface area (Å²) < 4.78 is 2.30. The van der Waals surface area contributed by atoms with Crippen LogP contribution < -0.4 is 5.32 Å². The number of thioether (sulfide) groups is 1. The maximum atomic E-state index is 11.9. The summed E-state index contributed by atoms with van der Waals surface area (Å²) in [6.07, 6.45) is 0. The van der Waals surface area contributed by atoms with Crippen LogP contribution in [0, 0.1) is 3.57 Å². The van der Waals surface area contributed by atoms with Crippen LogP contribution in [-0.4, -0.2) is 16.6 Å². The van der Waals surface area contributed by atoms with Crippen LogP contribution in [0.5, 0.6) is 0 Å². The van der Waals surface area contributed by atoms with Gasteiger partial charge in [-0.05, 0) is 52.9 Å². The molecule has 0 unspecified atom stereocenters. The minimum absolute atomic E-state index is 0.0214. The van der Waals surface area contributed by atoms with Crippen LogP contribution in [0.3, 0.4) is 0 Å². The van der Waals surface area contributed by atoms with Crippen molar-refractivity contribution in [1.29, 1.82) is 0 Å². The summed E-state index contributed by atoms with van der Waals surface area (Å²) in [5.74, 6) is 1.22. The van der Waals surface area contributed by atoms with Crippen LogP contribution in [-0.2, 0) is 10.5 Å². The zero-order chi connectivity index (χ0) is 15.4. The van der Waals surface area contributed by atoms with Gasteiger partial charge in [0, 0.05) is 15.0 Å². The summed E-state index contributed by atoms with van der Waals surface area (Å²) in [4.78, 5) is 16.5. The molecule has 3 rings (SSSR count). The second kappa shape index (κ2) is 7.43. The van der Waals surface area contributed by atoms with Crippen molar-refractivity contribution in [2.75, 3.05) is 11.1 Å². The van der Waals surface area contributed by atoms with Crippen LogP contribution in [0.1, 0.15) is 5.01 Å². The van der Waals surface area contributed by atoms with Crippen molar-refractivity contribution < 1.29 is 4.79 Å². The van der Waals surface area contributed by atoms with E-state index in [1.165, 1.54) is 4.70 Å². The molecule has 3 aromatic rings. The van der Waals surface area contributed by atoms with E-state index in [1.54, 1.807) is 23.1 Å². The number of halogens is 1. The van der Waals surface area contributed by atoms with Gasteiger partial charge in [0.05, 0.1) is 16.0 Å². The van der Waals surface area contributed by atoms with E-state index in [0.717, 1.165) is 25.5 Å². The number of amides is 1. The Hall–Kier alpha value is -1.12. The monoisotopic (exact) mass is 440 g/mol. The quantitative estimate of drug-likeness (QED) is 0.581. The molecule has 0 spiro atoms. The lowest BCUT2D eigenvalue weighted by atomic mass is 10.3. The van der Waals surface area contributed by atoms with Crippen molar-refractivity contribution >= 4 is 67.5 Å². The number of rotatable bonds is 5. The highest BCUT2D eigenvalue weighted by atomic mass is 127. The fraction of sp³-hybridized carbons (Fsp3) is 0.125. The van der Waals surface area contributed by atoms with Crippen molar-refractivity contribution in [1.82, 2.24) is 4.98 Å². The smallest absolute Gasteiger partial charge is 0.234 e. The summed E-state index contributed by atoms with van der Waals surface area (Å²) in [5.41, 5.74) is 1.88. The SMILES string of the molecule is O=C(CSCc1nc2ccccc2s1)Nc1cccc(I)c1. The Labute approximate surface area is 150 Å². The standard InChI is InChI=1S/C16H13IN2OS2/c17-11-4-3-5-12(8-11)18-15(20)9-21-10-16-19-13-6-1-2-7-14(13)22-16/h1-8H,9-10H2,(H,18,20). The Bertz CT molecular complexity index is 770. The predicted octanol–water partition coefficient (Wildman–Crippen LogP) is 4.77. The average molecular weight is 440 g/mol. The maximum Gasteiger partial charge on any atom is 0.234 e. The highest BCUT2D eigenvalue weighted by molar-refractivity contribution is 14.1. The van der Waals surface area contributed by atoms with Gasteiger partial charge in [0.1, 0.15) is 5.01 Å². The number of benzene rings is 2. The molecule has 0 radical (unpaired) electrons. The van der Waals surface area contributed by atoms with Crippen molar-refractivity contribution in [3.05, 3.63) is 57.1 Å². The van der Waals surface area contributed by atoms with E-state index in [2.05, 4.69) is 39.0 Å². The lowest BCUT2D eigenvalue weighted by molar-refractivity contribution is -0.113. The molecule has 0 aliphatic rings. The fourth-order valence-corrected chi connectivity index (χ4v) is 4.37. The molecule has 1 amide bonds. The second-order valence-electron chi connectivity index (χ2n) is 4.63. The molecule has 1 heterocycles. The molecule has 0 aliphatic heterocycles. The van der Waals surface area contributed by atoms with Gasteiger partial charge in [0.25, 0.3) is 0 Å². The van der Waals surface area contributed by atoms with Crippen molar-refractivity contribution in [3.63, 3.8) is 0 Å². The average Bonchev–Trinajstić information content (AvgIpc) is 2.90. The van der Waals surface area contributed by atoms with Crippen molar-refractivity contribution in [2.45, 2.75) is 5.75 Å². The fourth-order valence-electron chi connectivity index (χ4n) is 1.98. The molecule has 1 aromatic heterocycles. The minimum atomic E-state index is 0.0214. The van der Waals surface area contributed by atoms with Crippen LogP contribution in [0.15, 0.2) is 48.5 Å². The van der Waals surface area contributed by atoms with Crippen LogP contribution in [0.4, 0.5) is 5.69 Å². The first-order valence-corrected chi connectivity index (χ1v) is 9.73. The van der Waals surface area contributed by atoms with Gasteiger partial charge in [-0.25, -0.2) is 4.98 Å². The van der Waals surface area contributed by atoms with E-state index >= 15 is 0 Å². The van der Waals surface area contributed by atoms with Gasteiger partial charge in [-0.3, -0.25) is 4.79 Å². The van der Waals surface area contributed by atoms with Crippen molar-refractivity contribution in [2.24, 2.45) is 0 Å². The zero-order valence-corrected chi connectivity index (χ0v) is 15.4. The van der Waals surface area contributed by atoms with Crippen LogP contribution >= 0.6 is 45.7 Å². The summed E-state index contributed by atoms with van der Waals surface area (Å²) in [6.45, 7) is 0. The van der Waals surface area contributed by atoms with Crippen LogP contribution in [0.2, 0.25) is 0 Å². The number of hydrogen-bond donors (Lipinski definition) is 1. The molecular formula is C16H13IN2OS2. The van der Waals surface area contributed by atoms with Gasteiger partial charge in [-0.15, -0.1) is 23.1 Å². The lowest BCUT2D eigenvalue weighted by Crippen LogP contribution is -2.14. The van der Waals surface area contributed by atoms with Gasteiger partial charge in [0.15, 0.2) is 0 Å². The number of carbonyl (C=O) groups excluding carboxylic acids is 1. The Morgan fingerprint density at radius 2 is 2.09 bits per heavy atom. The van der Waals surface area contributed by atoms with E-state index in [0.29, 0.717) is 5.75 Å². The summed E-state index contributed by atoms with van der Waals surface area (Å²) in [6, 6.07) is 15.9. The number of fused-ring (bicyclic) bond motifs is 1. The van der Waals surface area contributed by atoms with Crippen LogP contribution in [0.25, 0.3) is 10.2 Å². The lowest BCUT2D eigenvalue weighted by Gasteiger charge is -2.04. The number of para-hydroxylation sites is 1. The molecule has 2 aromatic carbocycles. The number of nitrogens with one attached hydrogen (secondary N) is 1. The Balaban J connectivity index is 1.51. The normalized spacial score (nSPS) is 10.8. The molecule has 1 N–H and O–H groups in total. The first kappa shape index (κ1) is 15.8.